The molecule has 2 aromatic carbocycles. The van der Waals surface area contributed by atoms with Crippen LogP contribution in [0.5, 0.6) is 0 Å². The van der Waals surface area contributed by atoms with E-state index in [-0.39, 0.29) is 4.32 Å². The Bertz CT molecular complexity index is 875. The van der Waals surface area contributed by atoms with Crippen LogP contribution in [-0.2, 0) is 4.79 Å². The van der Waals surface area contributed by atoms with Crippen molar-refractivity contribution in [1.29, 1.82) is 0 Å². The highest BCUT2D eigenvalue weighted by Gasteiger charge is 2.37. The molecule has 1 saturated heterocycles. The van der Waals surface area contributed by atoms with Gasteiger partial charge in [0.15, 0.2) is 4.32 Å². The highest BCUT2D eigenvalue weighted by atomic mass is 35.5. The van der Waals surface area contributed by atoms with Crippen LogP contribution in [0.2, 0.25) is 5.02 Å². The molecule has 0 atom stereocenters. The fourth-order valence-electron chi connectivity index (χ4n) is 2.26. The maximum absolute atomic E-state index is 12.6. The molecule has 1 aliphatic heterocycles. The van der Waals surface area contributed by atoms with E-state index in [2.05, 4.69) is 0 Å². The Balaban J connectivity index is 1.89. The van der Waals surface area contributed by atoms with Crippen LogP contribution in [0.25, 0.3) is 6.08 Å². The zero-order chi connectivity index (χ0) is 17.3. The van der Waals surface area contributed by atoms with Gasteiger partial charge in [-0.15, -0.1) is 0 Å². The monoisotopic (exact) mass is 373 g/mol. The summed E-state index contributed by atoms with van der Waals surface area (Å²) in [7, 11) is 0. The first kappa shape index (κ1) is 16.9. The third-order valence-electron chi connectivity index (χ3n) is 3.43. The molecule has 2 amide bonds. The quantitative estimate of drug-likeness (QED) is 0.435. The van der Waals surface area contributed by atoms with Gasteiger partial charge in [-0.05, 0) is 42.8 Å². The summed E-state index contributed by atoms with van der Waals surface area (Å²) in [5, 5.41) is 0.620. The van der Waals surface area contributed by atoms with E-state index in [4.69, 9.17) is 23.8 Å². The van der Waals surface area contributed by atoms with Crippen LogP contribution in [0, 0.1) is 6.92 Å². The van der Waals surface area contributed by atoms with Gasteiger partial charge in [-0.1, -0.05) is 65.4 Å². The summed E-state index contributed by atoms with van der Waals surface area (Å²) in [6, 6.07) is 14.2. The topological polar surface area (TPSA) is 37.4 Å². The summed E-state index contributed by atoms with van der Waals surface area (Å²) in [6.45, 7) is 1.89. The van der Waals surface area contributed by atoms with Crippen LogP contribution in [0.15, 0.2) is 53.4 Å². The van der Waals surface area contributed by atoms with E-state index in [0.29, 0.717) is 15.5 Å². The molecule has 3 rings (SSSR count). The first-order valence-electron chi connectivity index (χ1n) is 7.10. The van der Waals surface area contributed by atoms with Crippen molar-refractivity contribution in [1.82, 2.24) is 4.90 Å². The molecular formula is C18H12ClNO2S2. The fourth-order valence-corrected chi connectivity index (χ4v) is 3.64. The molecule has 0 spiro atoms. The summed E-state index contributed by atoms with van der Waals surface area (Å²) in [4.78, 5) is 26.7. The number of thioether (sulfide) groups is 1. The van der Waals surface area contributed by atoms with Crippen LogP contribution >= 0.6 is 35.6 Å². The van der Waals surface area contributed by atoms with E-state index < -0.39 is 11.8 Å². The fraction of sp³-hybridized carbons (Fsp3) is 0.0556. The first-order chi connectivity index (χ1) is 11.5. The lowest BCUT2D eigenvalue weighted by atomic mass is 10.1. The molecule has 3 nitrogen and oxygen atoms in total. The molecule has 1 aliphatic rings. The largest absolute Gasteiger partial charge is 0.273 e. The minimum absolute atomic E-state index is 0.242. The van der Waals surface area contributed by atoms with Crippen molar-refractivity contribution in [2.45, 2.75) is 6.92 Å². The van der Waals surface area contributed by atoms with Crippen LogP contribution in [0.4, 0.5) is 0 Å². The van der Waals surface area contributed by atoms with Gasteiger partial charge in [0.1, 0.15) is 0 Å². The van der Waals surface area contributed by atoms with Crippen LogP contribution in [0.1, 0.15) is 21.5 Å². The molecule has 0 radical (unpaired) electrons. The van der Waals surface area contributed by atoms with Crippen LogP contribution < -0.4 is 0 Å². The third kappa shape index (κ3) is 3.43. The highest BCUT2D eigenvalue weighted by Crippen LogP contribution is 2.33. The number of hydrogen-bond donors (Lipinski definition) is 0. The summed E-state index contributed by atoms with van der Waals surface area (Å²) < 4.78 is 0.242. The minimum atomic E-state index is -0.402. The predicted octanol–water partition coefficient (Wildman–Crippen LogP) is 4.69. The number of halogens is 1. The summed E-state index contributed by atoms with van der Waals surface area (Å²) in [5.74, 6) is -0.799. The first-order valence-corrected chi connectivity index (χ1v) is 8.70. The maximum atomic E-state index is 12.6. The number of carbonyl (C=O) groups is 2. The van der Waals surface area contributed by atoms with Gasteiger partial charge < -0.3 is 0 Å². The van der Waals surface area contributed by atoms with Gasteiger partial charge in [0.05, 0.1) is 4.91 Å². The Morgan fingerprint density at radius 3 is 2.58 bits per heavy atom. The van der Waals surface area contributed by atoms with Gasteiger partial charge in [0.25, 0.3) is 11.8 Å². The SMILES string of the molecule is Cc1cccc(C(=O)N2C(=O)/C(=C/c3ccc(Cl)cc3)SC2=S)c1. The standard InChI is InChI=1S/C18H12ClNO2S2/c1-11-3-2-4-13(9-11)16(21)20-17(22)15(24-18(20)23)10-12-5-7-14(19)8-6-12/h2-10H,1H3/b15-10-. The molecule has 0 bridgehead atoms. The van der Waals surface area contributed by atoms with Crippen molar-refractivity contribution in [3.8, 4) is 0 Å². The van der Waals surface area contributed by atoms with Crippen LogP contribution in [-0.4, -0.2) is 21.0 Å². The van der Waals surface area contributed by atoms with Crippen molar-refractivity contribution in [3.05, 3.63) is 75.1 Å². The van der Waals surface area contributed by atoms with Gasteiger partial charge in [-0.2, -0.15) is 0 Å². The Morgan fingerprint density at radius 1 is 1.21 bits per heavy atom. The van der Waals surface area contributed by atoms with Gasteiger partial charge in [-0.3, -0.25) is 9.59 Å². The number of aryl methyl sites for hydroxylation is 1. The van der Waals surface area contributed by atoms with E-state index in [1.165, 1.54) is 0 Å². The molecule has 6 heteroatoms. The van der Waals surface area contributed by atoms with Crippen molar-refractivity contribution in [2.24, 2.45) is 0 Å². The second-order valence-electron chi connectivity index (χ2n) is 5.24. The number of carbonyl (C=O) groups excluding carboxylic acids is 2. The Labute approximate surface area is 154 Å². The Hall–Kier alpha value is -1.95. The van der Waals surface area contributed by atoms with E-state index in [1.807, 2.05) is 13.0 Å². The summed E-state index contributed by atoms with van der Waals surface area (Å²) in [5.41, 5.74) is 2.21. The number of nitrogens with zero attached hydrogens (tertiary/aromatic N) is 1. The highest BCUT2D eigenvalue weighted by molar-refractivity contribution is 8.26. The van der Waals surface area contributed by atoms with E-state index in [0.717, 1.165) is 27.8 Å². The summed E-state index contributed by atoms with van der Waals surface area (Å²) in [6.07, 6.45) is 1.71. The second kappa shape index (κ2) is 6.89. The van der Waals surface area contributed by atoms with E-state index in [1.54, 1.807) is 48.5 Å². The molecule has 120 valence electrons. The lowest BCUT2D eigenvalue weighted by molar-refractivity contribution is -0.120. The number of amides is 2. The third-order valence-corrected chi connectivity index (χ3v) is 4.98. The molecule has 0 aliphatic carbocycles. The number of benzene rings is 2. The molecular weight excluding hydrogens is 362 g/mol. The molecule has 1 heterocycles. The molecule has 0 unspecified atom stereocenters. The molecule has 0 N–H and O–H groups in total. The van der Waals surface area contributed by atoms with Crippen molar-refractivity contribution < 1.29 is 9.59 Å². The second-order valence-corrected chi connectivity index (χ2v) is 7.36. The van der Waals surface area contributed by atoms with Gasteiger partial charge in [0.2, 0.25) is 0 Å². The smallest absolute Gasteiger partial charge is 0.268 e. The van der Waals surface area contributed by atoms with E-state index >= 15 is 0 Å². The minimum Gasteiger partial charge on any atom is -0.268 e. The van der Waals surface area contributed by atoms with Gasteiger partial charge >= 0.3 is 0 Å². The average Bonchev–Trinajstić information content (AvgIpc) is 2.83. The van der Waals surface area contributed by atoms with Crippen molar-refractivity contribution >= 4 is 57.8 Å². The zero-order valence-corrected chi connectivity index (χ0v) is 15.0. The molecule has 24 heavy (non-hydrogen) atoms. The van der Waals surface area contributed by atoms with Gasteiger partial charge in [0, 0.05) is 10.6 Å². The number of rotatable bonds is 2. The Kier molecular flexibility index (Phi) is 4.85. The lowest BCUT2D eigenvalue weighted by Gasteiger charge is -2.12. The van der Waals surface area contributed by atoms with Crippen molar-refractivity contribution in [2.75, 3.05) is 0 Å². The van der Waals surface area contributed by atoms with E-state index in [9.17, 15) is 9.59 Å². The number of thiocarbonyl (C=S) groups is 1. The average molecular weight is 374 g/mol. The van der Waals surface area contributed by atoms with Crippen LogP contribution in [0.3, 0.4) is 0 Å². The molecule has 0 saturated carbocycles. The summed E-state index contributed by atoms with van der Waals surface area (Å²) >= 11 is 12.2. The zero-order valence-electron chi connectivity index (χ0n) is 12.7. The molecule has 2 aromatic rings. The normalized spacial score (nSPS) is 16.1. The molecule has 1 fully saturated rings. The van der Waals surface area contributed by atoms with Gasteiger partial charge in [-0.25, -0.2) is 4.90 Å². The predicted molar refractivity (Wildman–Crippen MR) is 102 cm³/mol. The van der Waals surface area contributed by atoms with Crippen molar-refractivity contribution in [3.63, 3.8) is 0 Å². The lowest BCUT2D eigenvalue weighted by Crippen LogP contribution is -2.34. The Morgan fingerprint density at radius 2 is 1.92 bits per heavy atom. The number of hydrogen-bond acceptors (Lipinski definition) is 4. The number of imide groups is 1. The maximum Gasteiger partial charge on any atom is 0.273 e. The molecule has 0 aromatic heterocycles.